The van der Waals surface area contributed by atoms with E-state index in [1.54, 1.807) is 0 Å². The van der Waals surface area contributed by atoms with E-state index in [0.29, 0.717) is 11.8 Å². The molecule has 0 saturated heterocycles. The van der Waals surface area contributed by atoms with Gasteiger partial charge in [-0.1, -0.05) is 6.92 Å². The van der Waals surface area contributed by atoms with Gasteiger partial charge in [0.2, 0.25) is 11.2 Å². The SMILES string of the molecule is CCc1c[nH]c2nc(Cl)nc(OCC3CC3)c12. The summed E-state index contributed by atoms with van der Waals surface area (Å²) in [5.74, 6) is 1.31. The molecule has 2 heterocycles. The van der Waals surface area contributed by atoms with Gasteiger partial charge < -0.3 is 9.72 Å². The van der Waals surface area contributed by atoms with E-state index in [9.17, 15) is 0 Å². The van der Waals surface area contributed by atoms with Gasteiger partial charge in [0.25, 0.3) is 0 Å². The largest absolute Gasteiger partial charge is 0.477 e. The summed E-state index contributed by atoms with van der Waals surface area (Å²) >= 11 is 5.88. The van der Waals surface area contributed by atoms with Crippen molar-refractivity contribution in [1.82, 2.24) is 15.0 Å². The third-order valence-corrected chi connectivity index (χ3v) is 3.26. The molecule has 0 unspecified atom stereocenters. The predicted octanol–water partition coefficient (Wildman–Crippen LogP) is 2.96. The van der Waals surface area contributed by atoms with Crippen LogP contribution in [0.2, 0.25) is 5.28 Å². The molecule has 1 N–H and O–H groups in total. The van der Waals surface area contributed by atoms with Crippen LogP contribution in [0.5, 0.6) is 5.88 Å². The lowest BCUT2D eigenvalue weighted by Gasteiger charge is -2.06. The van der Waals surface area contributed by atoms with Crippen LogP contribution in [-0.2, 0) is 6.42 Å². The molecule has 0 aliphatic heterocycles. The van der Waals surface area contributed by atoms with Crippen LogP contribution >= 0.6 is 11.6 Å². The number of ether oxygens (including phenoxy) is 1. The number of aryl methyl sites for hydroxylation is 1. The average Bonchev–Trinajstić information content (AvgIpc) is 3.05. The van der Waals surface area contributed by atoms with Crippen LogP contribution in [0.25, 0.3) is 11.0 Å². The van der Waals surface area contributed by atoms with Gasteiger partial charge in [0, 0.05) is 6.20 Å². The van der Waals surface area contributed by atoms with Crippen LogP contribution in [-0.4, -0.2) is 21.6 Å². The molecule has 1 aliphatic rings. The molecule has 0 bridgehead atoms. The first-order valence-electron chi connectivity index (χ1n) is 5.94. The molecule has 0 amide bonds. The van der Waals surface area contributed by atoms with Crippen LogP contribution in [0.1, 0.15) is 25.3 Å². The molecule has 0 aromatic carbocycles. The van der Waals surface area contributed by atoms with Gasteiger partial charge in [0.15, 0.2) is 0 Å². The number of aromatic nitrogens is 3. The first-order chi connectivity index (χ1) is 8.28. The number of rotatable bonds is 4. The summed E-state index contributed by atoms with van der Waals surface area (Å²) in [5, 5.41) is 1.20. The Labute approximate surface area is 104 Å². The number of halogens is 1. The number of fused-ring (bicyclic) bond motifs is 1. The third kappa shape index (κ3) is 2.09. The molecular weight excluding hydrogens is 238 g/mol. The van der Waals surface area contributed by atoms with Crippen molar-refractivity contribution in [1.29, 1.82) is 0 Å². The van der Waals surface area contributed by atoms with Crippen LogP contribution in [0.3, 0.4) is 0 Å². The molecule has 2 aromatic heterocycles. The molecule has 3 rings (SSSR count). The van der Waals surface area contributed by atoms with Crippen molar-refractivity contribution in [3.05, 3.63) is 17.0 Å². The molecule has 17 heavy (non-hydrogen) atoms. The standard InChI is InChI=1S/C12H14ClN3O/c1-2-8-5-14-10-9(8)11(16-12(13)15-10)17-6-7-3-4-7/h5,7H,2-4,6H2,1H3,(H,14,15,16). The van der Waals surface area contributed by atoms with Gasteiger partial charge in [-0.25, -0.2) is 0 Å². The summed E-state index contributed by atoms with van der Waals surface area (Å²) in [6.45, 7) is 2.83. The van der Waals surface area contributed by atoms with Crippen molar-refractivity contribution >= 4 is 22.6 Å². The van der Waals surface area contributed by atoms with Gasteiger partial charge in [-0.15, -0.1) is 0 Å². The Kier molecular flexibility index (Phi) is 2.67. The van der Waals surface area contributed by atoms with Crippen molar-refractivity contribution in [2.45, 2.75) is 26.2 Å². The second kappa shape index (κ2) is 4.18. The molecule has 1 fully saturated rings. The van der Waals surface area contributed by atoms with Crippen molar-refractivity contribution in [2.24, 2.45) is 5.92 Å². The number of H-pyrrole nitrogens is 1. The molecule has 5 heteroatoms. The highest BCUT2D eigenvalue weighted by molar-refractivity contribution is 6.28. The summed E-state index contributed by atoms with van der Waals surface area (Å²) < 4.78 is 5.77. The topological polar surface area (TPSA) is 50.8 Å². The van der Waals surface area contributed by atoms with E-state index in [2.05, 4.69) is 21.9 Å². The number of hydrogen-bond donors (Lipinski definition) is 1. The Morgan fingerprint density at radius 2 is 2.29 bits per heavy atom. The zero-order valence-corrected chi connectivity index (χ0v) is 10.4. The van der Waals surface area contributed by atoms with Gasteiger partial charge >= 0.3 is 0 Å². The zero-order valence-electron chi connectivity index (χ0n) is 9.66. The van der Waals surface area contributed by atoms with E-state index in [-0.39, 0.29) is 5.28 Å². The maximum Gasteiger partial charge on any atom is 0.227 e. The van der Waals surface area contributed by atoms with E-state index in [1.165, 1.54) is 18.4 Å². The number of nitrogens with one attached hydrogen (secondary N) is 1. The first kappa shape index (κ1) is 10.8. The van der Waals surface area contributed by atoms with Gasteiger partial charge in [-0.2, -0.15) is 9.97 Å². The molecule has 0 atom stereocenters. The second-order valence-electron chi connectivity index (χ2n) is 4.44. The van der Waals surface area contributed by atoms with Crippen LogP contribution < -0.4 is 4.74 Å². The summed E-state index contributed by atoms with van der Waals surface area (Å²) in [7, 11) is 0. The molecule has 90 valence electrons. The fourth-order valence-corrected chi connectivity index (χ4v) is 2.06. The Morgan fingerprint density at radius 1 is 1.47 bits per heavy atom. The van der Waals surface area contributed by atoms with Crippen molar-refractivity contribution < 1.29 is 4.74 Å². The lowest BCUT2D eigenvalue weighted by molar-refractivity contribution is 0.292. The predicted molar refractivity (Wildman–Crippen MR) is 66.5 cm³/mol. The van der Waals surface area contributed by atoms with Crippen molar-refractivity contribution in [2.75, 3.05) is 6.61 Å². The van der Waals surface area contributed by atoms with Gasteiger partial charge in [-0.05, 0) is 42.3 Å². The number of aromatic amines is 1. The quantitative estimate of drug-likeness (QED) is 0.850. The second-order valence-corrected chi connectivity index (χ2v) is 4.78. The van der Waals surface area contributed by atoms with E-state index in [4.69, 9.17) is 16.3 Å². The summed E-state index contributed by atoms with van der Waals surface area (Å²) in [5.41, 5.74) is 1.93. The van der Waals surface area contributed by atoms with Gasteiger partial charge in [0.05, 0.1) is 12.0 Å². The maximum absolute atomic E-state index is 5.88. The van der Waals surface area contributed by atoms with Crippen molar-refractivity contribution in [3.63, 3.8) is 0 Å². The fourth-order valence-electron chi connectivity index (χ4n) is 1.90. The third-order valence-electron chi connectivity index (χ3n) is 3.09. The van der Waals surface area contributed by atoms with Crippen LogP contribution in [0.15, 0.2) is 6.20 Å². The highest BCUT2D eigenvalue weighted by Crippen LogP contribution is 2.32. The zero-order chi connectivity index (χ0) is 11.8. The van der Waals surface area contributed by atoms with E-state index < -0.39 is 0 Å². The summed E-state index contributed by atoms with van der Waals surface area (Å²) in [6.07, 6.45) is 5.38. The number of nitrogens with zero attached hydrogens (tertiary/aromatic N) is 2. The molecule has 4 nitrogen and oxygen atoms in total. The molecule has 1 aliphatic carbocycles. The average molecular weight is 252 g/mol. The van der Waals surface area contributed by atoms with Gasteiger partial charge in [-0.3, -0.25) is 0 Å². The smallest absolute Gasteiger partial charge is 0.227 e. The van der Waals surface area contributed by atoms with Gasteiger partial charge in [0.1, 0.15) is 5.65 Å². The van der Waals surface area contributed by atoms with E-state index in [0.717, 1.165) is 24.1 Å². The summed E-state index contributed by atoms with van der Waals surface area (Å²) in [6, 6.07) is 0. The molecular formula is C12H14ClN3O. The highest BCUT2D eigenvalue weighted by atomic mass is 35.5. The van der Waals surface area contributed by atoms with Crippen LogP contribution in [0.4, 0.5) is 0 Å². The minimum atomic E-state index is 0.229. The Hall–Kier alpha value is -1.29. The normalized spacial score (nSPS) is 15.4. The first-order valence-corrected chi connectivity index (χ1v) is 6.32. The molecule has 2 aromatic rings. The monoisotopic (exact) mass is 251 g/mol. The van der Waals surface area contributed by atoms with E-state index in [1.807, 2.05) is 6.20 Å². The minimum Gasteiger partial charge on any atom is -0.477 e. The molecule has 0 radical (unpaired) electrons. The van der Waals surface area contributed by atoms with Crippen molar-refractivity contribution in [3.8, 4) is 5.88 Å². The van der Waals surface area contributed by atoms with Crippen LogP contribution in [0, 0.1) is 5.92 Å². The maximum atomic E-state index is 5.88. The Bertz CT molecular complexity index is 548. The lowest BCUT2D eigenvalue weighted by Crippen LogP contribution is -2.02. The molecule has 1 saturated carbocycles. The number of hydrogen-bond acceptors (Lipinski definition) is 3. The van der Waals surface area contributed by atoms with E-state index >= 15 is 0 Å². The highest BCUT2D eigenvalue weighted by Gasteiger charge is 2.23. The Morgan fingerprint density at radius 3 is 3.00 bits per heavy atom. The minimum absolute atomic E-state index is 0.229. The summed E-state index contributed by atoms with van der Waals surface area (Å²) in [4.78, 5) is 11.5. The molecule has 0 spiro atoms. The fraction of sp³-hybridized carbons (Fsp3) is 0.500. The Balaban J connectivity index is 2.02. The lowest BCUT2D eigenvalue weighted by atomic mass is 10.2.